The molecule has 0 saturated heterocycles. The second-order valence-corrected chi connectivity index (χ2v) is 3.86. The van der Waals surface area contributed by atoms with Crippen molar-refractivity contribution >= 4 is 5.97 Å². The lowest BCUT2D eigenvalue weighted by Gasteiger charge is -2.12. The highest BCUT2D eigenvalue weighted by molar-refractivity contribution is 5.76. The summed E-state index contributed by atoms with van der Waals surface area (Å²) in [6, 6.07) is 5.49. The van der Waals surface area contributed by atoms with Crippen molar-refractivity contribution in [2.45, 2.75) is 12.3 Å². The molecule has 2 rings (SSSR count). The molecule has 1 aliphatic carbocycles. The van der Waals surface area contributed by atoms with Gasteiger partial charge in [-0.25, -0.2) is 0 Å². The summed E-state index contributed by atoms with van der Waals surface area (Å²) in [5.41, 5.74) is 0.875. The molecule has 0 aliphatic heterocycles. The van der Waals surface area contributed by atoms with Crippen LogP contribution in [0, 0.1) is 5.92 Å². The van der Waals surface area contributed by atoms with E-state index in [0.29, 0.717) is 17.9 Å². The lowest BCUT2D eigenvalue weighted by Crippen LogP contribution is -2.01. The van der Waals surface area contributed by atoms with E-state index in [-0.39, 0.29) is 11.8 Å². The average molecular weight is 222 g/mol. The van der Waals surface area contributed by atoms with Crippen molar-refractivity contribution in [1.82, 2.24) is 0 Å². The molecule has 1 fully saturated rings. The molecule has 1 saturated carbocycles. The van der Waals surface area contributed by atoms with Crippen LogP contribution in [0.4, 0.5) is 0 Å². The van der Waals surface area contributed by atoms with E-state index in [1.165, 1.54) is 0 Å². The summed E-state index contributed by atoms with van der Waals surface area (Å²) >= 11 is 0. The van der Waals surface area contributed by atoms with Crippen LogP contribution in [0.15, 0.2) is 18.2 Å². The van der Waals surface area contributed by atoms with E-state index in [0.717, 1.165) is 5.56 Å². The fourth-order valence-electron chi connectivity index (χ4n) is 2.03. The van der Waals surface area contributed by atoms with Crippen LogP contribution < -0.4 is 9.47 Å². The molecular formula is C12H14O4. The van der Waals surface area contributed by atoms with E-state index in [9.17, 15) is 4.79 Å². The van der Waals surface area contributed by atoms with Crippen LogP contribution in [0.25, 0.3) is 0 Å². The van der Waals surface area contributed by atoms with Crippen molar-refractivity contribution in [2.24, 2.45) is 5.92 Å². The van der Waals surface area contributed by atoms with E-state index < -0.39 is 5.97 Å². The van der Waals surface area contributed by atoms with Gasteiger partial charge >= 0.3 is 5.97 Å². The number of carbonyl (C=O) groups is 1. The third-order valence-electron chi connectivity index (χ3n) is 2.94. The highest BCUT2D eigenvalue weighted by Gasteiger charge is 2.47. The van der Waals surface area contributed by atoms with Gasteiger partial charge < -0.3 is 14.6 Å². The molecule has 1 N–H and O–H groups in total. The molecule has 0 amide bonds. The molecule has 16 heavy (non-hydrogen) atoms. The first-order chi connectivity index (χ1) is 7.69. The number of hydrogen-bond acceptors (Lipinski definition) is 3. The SMILES string of the molecule is COc1cccc(OC)c1[C@@H]1C[C@H]1C(=O)O. The summed E-state index contributed by atoms with van der Waals surface area (Å²) in [5.74, 6) is 0.368. The molecule has 0 aromatic heterocycles. The third-order valence-corrected chi connectivity index (χ3v) is 2.94. The zero-order valence-electron chi connectivity index (χ0n) is 9.27. The van der Waals surface area contributed by atoms with E-state index in [2.05, 4.69) is 0 Å². The molecule has 4 nitrogen and oxygen atoms in total. The first-order valence-electron chi connectivity index (χ1n) is 5.12. The Bertz CT molecular complexity index is 391. The summed E-state index contributed by atoms with van der Waals surface area (Å²) in [7, 11) is 3.16. The van der Waals surface area contributed by atoms with E-state index in [1.807, 2.05) is 18.2 Å². The Morgan fingerprint density at radius 2 is 1.88 bits per heavy atom. The normalized spacial score (nSPS) is 22.6. The number of carboxylic acids is 1. The minimum absolute atomic E-state index is 0.0172. The summed E-state index contributed by atoms with van der Waals surface area (Å²) in [4.78, 5) is 10.9. The van der Waals surface area contributed by atoms with E-state index >= 15 is 0 Å². The molecule has 0 unspecified atom stereocenters. The largest absolute Gasteiger partial charge is 0.496 e. The summed E-state index contributed by atoms with van der Waals surface area (Å²) in [5, 5.41) is 8.93. The predicted molar refractivity (Wildman–Crippen MR) is 58.0 cm³/mol. The maximum absolute atomic E-state index is 10.9. The minimum atomic E-state index is -0.752. The van der Waals surface area contributed by atoms with Crippen molar-refractivity contribution in [1.29, 1.82) is 0 Å². The zero-order valence-corrected chi connectivity index (χ0v) is 9.27. The Kier molecular flexibility index (Phi) is 2.73. The Hall–Kier alpha value is -1.71. The van der Waals surface area contributed by atoms with Crippen LogP contribution in [-0.2, 0) is 4.79 Å². The number of rotatable bonds is 4. The maximum Gasteiger partial charge on any atom is 0.307 e. The van der Waals surface area contributed by atoms with E-state index in [4.69, 9.17) is 14.6 Å². The molecule has 1 aromatic carbocycles. The van der Waals surface area contributed by atoms with Crippen LogP contribution in [0.3, 0.4) is 0 Å². The number of aliphatic carboxylic acids is 1. The highest BCUT2D eigenvalue weighted by atomic mass is 16.5. The predicted octanol–water partition coefficient (Wildman–Crippen LogP) is 1.89. The van der Waals surface area contributed by atoms with Gasteiger partial charge in [-0.05, 0) is 18.6 Å². The quantitative estimate of drug-likeness (QED) is 0.845. The molecule has 1 aliphatic rings. The number of ether oxygens (including phenoxy) is 2. The van der Waals surface area contributed by atoms with Crippen molar-refractivity contribution in [3.05, 3.63) is 23.8 Å². The lowest BCUT2D eigenvalue weighted by molar-refractivity contribution is -0.138. The van der Waals surface area contributed by atoms with Gasteiger partial charge in [0.25, 0.3) is 0 Å². The van der Waals surface area contributed by atoms with Crippen LogP contribution in [0.5, 0.6) is 11.5 Å². The molecule has 86 valence electrons. The second kappa shape index (κ2) is 4.04. The number of hydrogen-bond donors (Lipinski definition) is 1. The van der Waals surface area contributed by atoms with Gasteiger partial charge in [-0.3, -0.25) is 4.79 Å². The van der Waals surface area contributed by atoms with Crippen LogP contribution >= 0.6 is 0 Å². The lowest BCUT2D eigenvalue weighted by atomic mass is 10.1. The van der Waals surface area contributed by atoms with Gasteiger partial charge in [0.05, 0.1) is 20.1 Å². The summed E-state index contributed by atoms with van der Waals surface area (Å²) in [6.07, 6.45) is 0.659. The van der Waals surface area contributed by atoms with Crippen LogP contribution in [0.2, 0.25) is 0 Å². The minimum Gasteiger partial charge on any atom is -0.496 e. The fraction of sp³-hybridized carbons (Fsp3) is 0.417. The van der Waals surface area contributed by atoms with Gasteiger partial charge in [-0.1, -0.05) is 6.07 Å². The molecule has 1 aromatic rings. The zero-order chi connectivity index (χ0) is 11.7. The smallest absolute Gasteiger partial charge is 0.307 e. The Balaban J connectivity index is 2.35. The monoisotopic (exact) mass is 222 g/mol. The Morgan fingerprint density at radius 3 is 2.25 bits per heavy atom. The Morgan fingerprint density at radius 1 is 1.31 bits per heavy atom. The topological polar surface area (TPSA) is 55.8 Å². The summed E-state index contributed by atoms with van der Waals surface area (Å²) in [6.45, 7) is 0. The van der Waals surface area contributed by atoms with Crippen molar-refractivity contribution in [2.75, 3.05) is 14.2 Å². The van der Waals surface area contributed by atoms with Gasteiger partial charge in [-0.2, -0.15) is 0 Å². The average Bonchev–Trinajstić information content (AvgIpc) is 3.07. The maximum atomic E-state index is 10.9. The molecule has 0 spiro atoms. The molecular weight excluding hydrogens is 208 g/mol. The van der Waals surface area contributed by atoms with Gasteiger partial charge in [0.1, 0.15) is 11.5 Å². The molecule has 4 heteroatoms. The molecule has 0 radical (unpaired) electrons. The first-order valence-corrected chi connectivity index (χ1v) is 5.12. The number of benzene rings is 1. The highest BCUT2D eigenvalue weighted by Crippen LogP contribution is 2.53. The third kappa shape index (κ3) is 1.71. The first kappa shape index (κ1) is 10.8. The van der Waals surface area contributed by atoms with Gasteiger partial charge in [0, 0.05) is 11.5 Å². The summed E-state index contributed by atoms with van der Waals surface area (Å²) < 4.78 is 10.5. The van der Waals surface area contributed by atoms with Gasteiger partial charge in [-0.15, -0.1) is 0 Å². The van der Waals surface area contributed by atoms with Gasteiger partial charge in [0.15, 0.2) is 0 Å². The van der Waals surface area contributed by atoms with Crippen molar-refractivity contribution in [3.63, 3.8) is 0 Å². The molecule has 2 atom stereocenters. The second-order valence-electron chi connectivity index (χ2n) is 3.86. The molecule has 0 bridgehead atoms. The van der Waals surface area contributed by atoms with Crippen LogP contribution in [-0.4, -0.2) is 25.3 Å². The standard InChI is InChI=1S/C12H14O4/c1-15-9-4-3-5-10(16-2)11(9)7-6-8(7)12(13)14/h3-5,7-8H,6H2,1-2H3,(H,13,14)/t7-,8-/m1/s1. The number of methoxy groups -OCH3 is 2. The Labute approximate surface area is 93.8 Å². The van der Waals surface area contributed by atoms with Crippen molar-refractivity contribution in [3.8, 4) is 11.5 Å². The van der Waals surface area contributed by atoms with Gasteiger partial charge in [0.2, 0.25) is 0 Å². The van der Waals surface area contributed by atoms with Crippen molar-refractivity contribution < 1.29 is 19.4 Å². The molecule has 0 heterocycles. The van der Waals surface area contributed by atoms with Crippen LogP contribution in [0.1, 0.15) is 17.9 Å². The number of carboxylic acid groups (broad SMARTS) is 1. The van der Waals surface area contributed by atoms with E-state index in [1.54, 1.807) is 14.2 Å². The fourth-order valence-corrected chi connectivity index (χ4v) is 2.03.